The maximum absolute atomic E-state index is 12.8. The van der Waals surface area contributed by atoms with Crippen molar-refractivity contribution >= 4 is 36.4 Å². The molecule has 0 radical (unpaired) electrons. The zero-order valence-corrected chi connectivity index (χ0v) is 32.1. The van der Waals surface area contributed by atoms with Crippen LogP contribution in [-0.2, 0) is 30.5 Å². The lowest BCUT2D eigenvalue weighted by atomic mass is 9.85. The minimum Gasteiger partial charge on any atom is -0.497 e. The quantitative estimate of drug-likeness (QED) is 0.122. The first-order valence-corrected chi connectivity index (χ1v) is 18.2. The van der Waals surface area contributed by atoms with Crippen molar-refractivity contribution < 1.29 is 38.6 Å². The van der Waals surface area contributed by atoms with Crippen molar-refractivity contribution in [2.24, 2.45) is 17.1 Å². The maximum Gasteiger partial charge on any atom is 0.408 e. The lowest BCUT2D eigenvalue weighted by molar-refractivity contribution is -0.139. The molecule has 13 nitrogen and oxygen atoms in total. The number of aldehydes is 1. The molecule has 53 heavy (non-hydrogen) atoms. The Hall–Kier alpha value is -4.91. The van der Waals surface area contributed by atoms with Gasteiger partial charge in [-0.25, -0.2) is 4.79 Å². The standard InChI is InChI=1S/C17H28N2O4.C16H18N2O2.C7H13NO2/c1-17(2,3)14(15(21)19-10-6-7-12(19)11-20)18-16(22)23-13-8-4-5-9-13;1-17-16-13(10-18-11-19)6-4-8-15(16)12-5-3-7-14(9-12)20-2;1-3-5(2)4-6(8)7(9)10/h11-14H,4-10H2,1-3H3,(H,18,22);3-9,11,17H,10H2,1-2H3,(H,18,19);3,5-6H,1,4,8H2,2H3,(H,9,10)/t12-,14+;;5?,6-/m0.1/s1. The molecular formula is C40H59N5O8. The second-order valence-electron chi connectivity index (χ2n) is 14.3. The molecular weight excluding hydrogens is 678 g/mol. The van der Waals surface area contributed by atoms with Crippen LogP contribution < -0.4 is 26.4 Å². The van der Waals surface area contributed by atoms with E-state index in [9.17, 15) is 24.0 Å². The summed E-state index contributed by atoms with van der Waals surface area (Å²) in [6.07, 6.45) is 8.55. The topological polar surface area (TPSA) is 189 Å². The highest BCUT2D eigenvalue weighted by atomic mass is 16.6. The van der Waals surface area contributed by atoms with Crippen molar-refractivity contribution in [2.45, 2.75) is 103 Å². The Labute approximate surface area is 314 Å². The summed E-state index contributed by atoms with van der Waals surface area (Å²) >= 11 is 0. The molecule has 13 heteroatoms. The number of alkyl carbamates (subject to hydrolysis) is 1. The number of carbonyl (C=O) groups excluding carboxylic acids is 4. The summed E-state index contributed by atoms with van der Waals surface area (Å²) in [4.78, 5) is 58.4. The van der Waals surface area contributed by atoms with Crippen LogP contribution in [0.1, 0.15) is 78.2 Å². The number of nitrogens with one attached hydrogen (secondary N) is 3. The molecule has 1 saturated carbocycles. The Kier molecular flexibility index (Phi) is 18.6. The van der Waals surface area contributed by atoms with Gasteiger partial charge in [0.05, 0.1) is 13.2 Å². The van der Waals surface area contributed by atoms with E-state index in [1.54, 1.807) is 18.1 Å². The number of amides is 3. The third-order valence-electron chi connectivity index (χ3n) is 9.19. The van der Waals surface area contributed by atoms with Gasteiger partial charge in [0.1, 0.15) is 30.2 Å². The highest BCUT2D eigenvalue weighted by Crippen LogP contribution is 2.33. The lowest BCUT2D eigenvalue weighted by Gasteiger charge is -2.34. The highest BCUT2D eigenvalue weighted by molar-refractivity contribution is 5.88. The number of para-hydroxylation sites is 1. The van der Waals surface area contributed by atoms with Gasteiger partial charge in [0.15, 0.2) is 0 Å². The van der Waals surface area contributed by atoms with E-state index in [0.29, 0.717) is 32.3 Å². The van der Waals surface area contributed by atoms with Crippen LogP contribution in [0.3, 0.4) is 0 Å². The normalized spacial score (nSPS) is 17.0. The molecule has 3 amide bonds. The van der Waals surface area contributed by atoms with Gasteiger partial charge in [-0.3, -0.25) is 14.4 Å². The summed E-state index contributed by atoms with van der Waals surface area (Å²) in [5.41, 5.74) is 8.99. The number of anilines is 1. The SMILES string of the molecule is C=CC(C)C[C@@H](N)C(=O)O.CC(C)(C)[C@H](NC(=O)OC1CCCC1)C(=O)N1CCC[C@H]1C=O.CNc1c(CNC=O)cccc1-c1cccc(OC)c1. The first-order valence-electron chi connectivity index (χ1n) is 18.2. The number of carbonyl (C=O) groups is 5. The Bertz CT molecular complexity index is 1500. The molecule has 4 rings (SSSR count). The number of nitrogens with zero attached hydrogens (tertiary/aromatic N) is 1. The number of nitrogens with two attached hydrogens (primary N) is 1. The molecule has 2 aliphatic rings. The minimum absolute atomic E-state index is 0.0415. The number of rotatable bonds is 14. The summed E-state index contributed by atoms with van der Waals surface area (Å²) in [6.45, 7) is 12.2. The summed E-state index contributed by atoms with van der Waals surface area (Å²) in [5.74, 6) is -0.156. The minimum atomic E-state index is -0.950. The van der Waals surface area contributed by atoms with Crippen molar-refractivity contribution in [3.05, 3.63) is 60.7 Å². The van der Waals surface area contributed by atoms with Crippen LogP contribution in [0.5, 0.6) is 5.75 Å². The van der Waals surface area contributed by atoms with Gasteiger partial charge in [-0.2, -0.15) is 0 Å². The van der Waals surface area contributed by atoms with E-state index in [-0.39, 0.29) is 24.0 Å². The monoisotopic (exact) mass is 737 g/mol. The molecule has 292 valence electrons. The number of methoxy groups -OCH3 is 1. The summed E-state index contributed by atoms with van der Waals surface area (Å²) in [7, 11) is 3.53. The van der Waals surface area contributed by atoms with E-state index in [0.717, 1.165) is 66.5 Å². The van der Waals surface area contributed by atoms with Gasteiger partial charge in [-0.15, -0.1) is 6.58 Å². The molecule has 1 unspecified atom stereocenters. The van der Waals surface area contributed by atoms with Gasteiger partial charge >= 0.3 is 12.1 Å². The van der Waals surface area contributed by atoms with Crippen molar-refractivity contribution in [1.82, 2.24) is 15.5 Å². The van der Waals surface area contributed by atoms with Crippen molar-refractivity contribution in [3.63, 3.8) is 0 Å². The second kappa shape index (κ2) is 22.2. The Morgan fingerprint density at radius 1 is 1.08 bits per heavy atom. The van der Waals surface area contributed by atoms with E-state index in [2.05, 4.69) is 22.5 Å². The van der Waals surface area contributed by atoms with E-state index in [1.165, 1.54) is 0 Å². The van der Waals surface area contributed by atoms with Crippen LogP contribution in [0.4, 0.5) is 10.5 Å². The predicted octanol–water partition coefficient (Wildman–Crippen LogP) is 5.52. The fourth-order valence-corrected chi connectivity index (χ4v) is 6.15. The summed E-state index contributed by atoms with van der Waals surface area (Å²) in [6, 6.07) is 12.1. The third-order valence-corrected chi connectivity index (χ3v) is 9.19. The molecule has 0 aromatic heterocycles. The molecule has 1 aliphatic heterocycles. The molecule has 1 aliphatic carbocycles. The number of carboxylic acids is 1. The number of carboxylic acid groups (broad SMARTS) is 1. The number of allylic oxidation sites excluding steroid dienone is 1. The highest BCUT2D eigenvalue weighted by Gasteiger charge is 2.40. The molecule has 2 aromatic rings. The molecule has 4 atom stereocenters. The number of benzene rings is 2. The summed E-state index contributed by atoms with van der Waals surface area (Å²) < 4.78 is 10.7. The molecule has 2 fully saturated rings. The van der Waals surface area contributed by atoms with Crippen LogP contribution in [0.2, 0.25) is 0 Å². The van der Waals surface area contributed by atoms with Crippen LogP contribution in [0, 0.1) is 11.3 Å². The Morgan fingerprint density at radius 2 is 1.75 bits per heavy atom. The van der Waals surface area contributed by atoms with E-state index in [4.69, 9.17) is 20.3 Å². The number of ether oxygens (including phenoxy) is 2. The van der Waals surface area contributed by atoms with Gasteiger partial charge in [0.2, 0.25) is 12.3 Å². The van der Waals surface area contributed by atoms with Gasteiger partial charge in [0.25, 0.3) is 0 Å². The van der Waals surface area contributed by atoms with Gasteiger partial charge < -0.3 is 46.0 Å². The third kappa shape index (κ3) is 14.2. The van der Waals surface area contributed by atoms with Crippen molar-refractivity contribution in [3.8, 4) is 16.9 Å². The largest absolute Gasteiger partial charge is 0.497 e. The first kappa shape index (κ1) is 44.3. The van der Waals surface area contributed by atoms with Crippen LogP contribution in [0.25, 0.3) is 11.1 Å². The van der Waals surface area contributed by atoms with Crippen molar-refractivity contribution in [2.75, 3.05) is 26.0 Å². The molecule has 0 spiro atoms. The fraction of sp³-hybridized carbons (Fsp3) is 0.525. The predicted molar refractivity (Wildman–Crippen MR) is 206 cm³/mol. The van der Waals surface area contributed by atoms with Crippen LogP contribution in [-0.4, -0.2) is 85.6 Å². The van der Waals surface area contributed by atoms with Gasteiger partial charge in [0, 0.05) is 31.4 Å². The van der Waals surface area contributed by atoms with Crippen LogP contribution in [0.15, 0.2) is 55.1 Å². The zero-order valence-electron chi connectivity index (χ0n) is 32.1. The van der Waals surface area contributed by atoms with Gasteiger partial charge in [-0.05, 0) is 79.5 Å². The second-order valence-corrected chi connectivity index (χ2v) is 14.3. The summed E-state index contributed by atoms with van der Waals surface area (Å²) in [5, 5.41) is 17.0. The number of hydrogen-bond acceptors (Lipinski definition) is 9. The zero-order chi connectivity index (χ0) is 39.6. The molecule has 6 N–H and O–H groups in total. The number of hydrogen-bond donors (Lipinski definition) is 5. The fourth-order valence-electron chi connectivity index (χ4n) is 6.15. The first-order chi connectivity index (χ1) is 25.2. The Morgan fingerprint density at radius 3 is 2.32 bits per heavy atom. The number of likely N-dealkylation sites (tertiary alicyclic amines) is 1. The average molecular weight is 738 g/mol. The smallest absolute Gasteiger partial charge is 0.408 e. The van der Waals surface area contributed by atoms with E-state index < -0.39 is 29.6 Å². The van der Waals surface area contributed by atoms with Crippen LogP contribution >= 0.6 is 0 Å². The van der Waals surface area contributed by atoms with E-state index >= 15 is 0 Å². The Balaban J connectivity index is 0.000000296. The average Bonchev–Trinajstić information content (AvgIpc) is 3.85. The van der Waals surface area contributed by atoms with Crippen molar-refractivity contribution in [1.29, 1.82) is 0 Å². The molecule has 2 aromatic carbocycles. The van der Waals surface area contributed by atoms with Gasteiger partial charge in [-0.1, -0.05) is 64.1 Å². The lowest BCUT2D eigenvalue weighted by Crippen LogP contribution is -2.56. The maximum atomic E-state index is 12.8. The molecule has 1 heterocycles. The number of aliphatic carboxylic acids is 1. The molecule has 0 bridgehead atoms. The molecule has 1 saturated heterocycles. The van der Waals surface area contributed by atoms with E-state index in [1.807, 2.05) is 77.2 Å².